The summed E-state index contributed by atoms with van der Waals surface area (Å²) in [4.78, 5) is 38.4. The fraction of sp³-hybridized carbons (Fsp3) is 0. The largest absolute Gasteiger partial charge is 0.321 e. The maximum atomic E-state index is 13.7. The van der Waals surface area contributed by atoms with Gasteiger partial charge in [0.25, 0.3) is 11.1 Å². The first kappa shape index (κ1) is 21.9. The van der Waals surface area contributed by atoms with Gasteiger partial charge in [-0.1, -0.05) is 78.9 Å². The summed E-state index contributed by atoms with van der Waals surface area (Å²) < 4.78 is 0. The number of aromatic amines is 2. The second-order valence-electron chi connectivity index (χ2n) is 9.31. The molecular weight excluding hydrogens is 470 g/mol. The first-order valence-corrected chi connectivity index (χ1v) is 12.4. The highest BCUT2D eigenvalue weighted by Gasteiger charge is 2.05. The molecule has 0 aliphatic rings. The van der Waals surface area contributed by atoms with Crippen LogP contribution in [0.4, 0.5) is 0 Å². The molecule has 38 heavy (non-hydrogen) atoms. The number of nitrogens with zero attached hydrogens (tertiary/aromatic N) is 1. The van der Waals surface area contributed by atoms with Crippen molar-refractivity contribution in [3.8, 4) is 0 Å². The van der Waals surface area contributed by atoms with Gasteiger partial charge >= 0.3 is 0 Å². The van der Waals surface area contributed by atoms with Gasteiger partial charge in [-0.2, -0.15) is 0 Å². The molecule has 5 nitrogen and oxygen atoms in total. The number of aromatic nitrogens is 3. The SMILES string of the molecule is O=c1[nH]c2ccccc2c2ccc3cccc(c(=O)[nH]c4ccccc4c4ccc5cccc1c5c4)c3n2. The number of benzene rings is 5. The lowest BCUT2D eigenvalue weighted by molar-refractivity contribution is 1.34. The van der Waals surface area contributed by atoms with E-state index >= 15 is 0 Å². The Kier molecular flexibility index (Phi) is 5.01. The Labute approximate surface area is 216 Å². The predicted molar refractivity (Wildman–Crippen MR) is 157 cm³/mol. The van der Waals surface area contributed by atoms with E-state index in [0.29, 0.717) is 32.8 Å². The zero-order valence-electron chi connectivity index (χ0n) is 20.2. The second-order valence-corrected chi connectivity index (χ2v) is 9.31. The maximum absolute atomic E-state index is 13.7. The van der Waals surface area contributed by atoms with Gasteiger partial charge in [0.05, 0.1) is 21.9 Å². The van der Waals surface area contributed by atoms with Crippen LogP contribution in [0.25, 0.3) is 65.2 Å². The highest BCUT2D eigenvalue weighted by atomic mass is 16.1. The number of para-hydroxylation sites is 3. The molecule has 0 radical (unpaired) electrons. The van der Waals surface area contributed by atoms with Crippen molar-refractivity contribution >= 4 is 65.2 Å². The minimum atomic E-state index is -0.233. The molecule has 0 aliphatic carbocycles. The molecule has 0 spiro atoms. The molecule has 0 fully saturated rings. The van der Waals surface area contributed by atoms with Gasteiger partial charge in [-0.05, 0) is 52.6 Å². The van der Waals surface area contributed by atoms with E-state index in [1.54, 1.807) is 6.07 Å². The average molecular weight is 492 g/mol. The lowest BCUT2D eigenvalue weighted by Crippen LogP contribution is -2.04. The van der Waals surface area contributed by atoms with Crippen molar-refractivity contribution in [3.05, 3.63) is 136 Å². The zero-order valence-corrected chi connectivity index (χ0v) is 20.2. The van der Waals surface area contributed by atoms with Crippen LogP contribution in [0.1, 0.15) is 0 Å². The Balaban J connectivity index is 1.81. The van der Waals surface area contributed by atoms with Crippen LogP contribution >= 0.6 is 0 Å². The summed E-state index contributed by atoms with van der Waals surface area (Å²) in [7, 11) is 0. The Hall–Kier alpha value is -5.29. The number of H-pyrrole nitrogens is 2. The summed E-state index contributed by atoms with van der Waals surface area (Å²) in [6.45, 7) is 0. The molecule has 7 aromatic rings. The van der Waals surface area contributed by atoms with Crippen LogP contribution in [-0.2, 0) is 0 Å². The summed E-state index contributed by atoms with van der Waals surface area (Å²) in [6, 6.07) is 36.5. The van der Waals surface area contributed by atoms with Gasteiger partial charge in [0.2, 0.25) is 0 Å². The molecule has 0 aliphatic heterocycles. The Morgan fingerprint density at radius 3 is 1.84 bits per heavy atom. The number of hydrogen-bond donors (Lipinski definition) is 2. The third-order valence-electron chi connectivity index (χ3n) is 7.03. The molecule has 180 valence electrons. The number of nitrogens with one attached hydrogen (secondary N) is 2. The molecule has 0 unspecified atom stereocenters. The van der Waals surface area contributed by atoms with Crippen LogP contribution in [0.2, 0.25) is 0 Å². The van der Waals surface area contributed by atoms with Gasteiger partial charge in [0, 0.05) is 27.1 Å². The molecule has 4 bridgehead atoms. The minimum Gasteiger partial charge on any atom is -0.321 e. The van der Waals surface area contributed by atoms with E-state index in [-0.39, 0.29) is 11.1 Å². The molecule has 5 aromatic carbocycles. The summed E-state index contributed by atoms with van der Waals surface area (Å²) >= 11 is 0. The van der Waals surface area contributed by atoms with Gasteiger partial charge in [0.15, 0.2) is 0 Å². The quantitative estimate of drug-likeness (QED) is 0.238. The Morgan fingerprint density at radius 1 is 0.447 bits per heavy atom. The van der Waals surface area contributed by atoms with Crippen molar-refractivity contribution in [3.63, 3.8) is 0 Å². The Bertz CT molecular complexity index is 2130. The van der Waals surface area contributed by atoms with Crippen molar-refractivity contribution in [1.29, 1.82) is 0 Å². The van der Waals surface area contributed by atoms with Crippen molar-refractivity contribution in [2.75, 3.05) is 0 Å². The monoisotopic (exact) mass is 491 g/mol. The van der Waals surface area contributed by atoms with Crippen LogP contribution < -0.4 is 11.1 Å². The minimum absolute atomic E-state index is 0.199. The highest BCUT2D eigenvalue weighted by Crippen LogP contribution is 2.24. The van der Waals surface area contributed by atoms with Gasteiger partial charge in [-0.15, -0.1) is 0 Å². The smallest absolute Gasteiger partial charge is 0.257 e. The molecule has 0 atom stereocenters. The molecule has 2 N–H and O–H groups in total. The summed E-state index contributed by atoms with van der Waals surface area (Å²) in [5, 5.41) is 6.24. The van der Waals surface area contributed by atoms with E-state index in [2.05, 4.69) is 9.97 Å². The van der Waals surface area contributed by atoms with Crippen molar-refractivity contribution in [1.82, 2.24) is 15.0 Å². The second kappa shape index (κ2) is 8.68. The summed E-state index contributed by atoms with van der Waals surface area (Å²) in [6.07, 6.45) is 0. The number of pyridine rings is 1. The lowest BCUT2D eigenvalue weighted by atomic mass is 10.0. The molecule has 7 rings (SSSR count). The van der Waals surface area contributed by atoms with E-state index in [9.17, 15) is 9.59 Å². The van der Waals surface area contributed by atoms with Crippen LogP contribution in [0.3, 0.4) is 0 Å². The maximum Gasteiger partial charge on any atom is 0.257 e. The van der Waals surface area contributed by atoms with Crippen molar-refractivity contribution in [2.24, 2.45) is 0 Å². The molecular formula is C33H21N3O2. The van der Waals surface area contributed by atoms with Gasteiger partial charge < -0.3 is 9.97 Å². The predicted octanol–water partition coefficient (Wildman–Crippen LogP) is 7.06. The standard InChI is InChI=1S/C33H21N3O2/c37-32-24-11-5-7-20-15-16-22(19-27(20)24)23-9-1-3-13-28(23)35-33(38)26-12-6-8-21-17-18-30(34-31(21)26)25-10-2-4-14-29(25)36-32/h1-19H,(H,35,38)(H,36,37). The Morgan fingerprint density at radius 2 is 1.03 bits per heavy atom. The molecule has 0 amide bonds. The fourth-order valence-electron chi connectivity index (χ4n) is 5.16. The van der Waals surface area contributed by atoms with Crippen LogP contribution in [0.15, 0.2) is 125 Å². The molecule has 0 saturated heterocycles. The average Bonchev–Trinajstić information content (AvgIpc) is 2.96. The normalized spacial score (nSPS) is 11.4. The first-order chi connectivity index (χ1) is 18.7. The molecule has 5 heteroatoms. The zero-order chi connectivity index (χ0) is 25.6. The number of fused-ring (bicyclic) bond motifs is 6. The number of rotatable bonds is 0. The van der Waals surface area contributed by atoms with Crippen molar-refractivity contribution < 1.29 is 0 Å². The highest BCUT2D eigenvalue weighted by molar-refractivity contribution is 6.05. The first-order valence-electron chi connectivity index (χ1n) is 12.4. The third kappa shape index (κ3) is 3.61. The van der Waals surface area contributed by atoms with Gasteiger partial charge in [-0.3, -0.25) is 9.59 Å². The van der Waals surface area contributed by atoms with Crippen LogP contribution in [-0.4, -0.2) is 15.0 Å². The molecule has 2 aromatic heterocycles. The van der Waals surface area contributed by atoms with E-state index in [0.717, 1.165) is 32.3 Å². The van der Waals surface area contributed by atoms with Gasteiger partial charge in [-0.25, -0.2) is 4.98 Å². The van der Waals surface area contributed by atoms with E-state index < -0.39 is 0 Å². The number of hydrogen-bond acceptors (Lipinski definition) is 3. The summed E-state index contributed by atoms with van der Waals surface area (Å²) in [5.41, 5.74) is 2.17. The third-order valence-corrected chi connectivity index (χ3v) is 7.03. The lowest BCUT2D eigenvalue weighted by Gasteiger charge is -2.03. The fourth-order valence-corrected chi connectivity index (χ4v) is 5.16. The van der Waals surface area contributed by atoms with Gasteiger partial charge in [0.1, 0.15) is 0 Å². The topological polar surface area (TPSA) is 78.6 Å². The summed E-state index contributed by atoms with van der Waals surface area (Å²) in [5.74, 6) is 0. The van der Waals surface area contributed by atoms with E-state index in [1.807, 2.05) is 109 Å². The molecule has 2 heterocycles. The van der Waals surface area contributed by atoms with E-state index in [4.69, 9.17) is 4.98 Å². The van der Waals surface area contributed by atoms with Crippen LogP contribution in [0.5, 0.6) is 0 Å². The van der Waals surface area contributed by atoms with Crippen molar-refractivity contribution in [2.45, 2.75) is 0 Å². The van der Waals surface area contributed by atoms with Crippen LogP contribution in [0, 0.1) is 0 Å². The molecule has 0 saturated carbocycles. The van der Waals surface area contributed by atoms with E-state index in [1.165, 1.54) is 0 Å².